The first kappa shape index (κ1) is 13.6. The monoisotopic (exact) mass is 267 g/mol. The SMILES string of the molecule is Cc1ccc(S(=O)(=O)N2CC(C)CC(C)C2)cc1. The third-order valence-corrected chi connectivity index (χ3v) is 5.34. The van der Waals surface area contributed by atoms with Crippen LogP contribution in [0.4, 0.5) is 0 Å². The molecule has 0 saturated carbocycles. The molecule has 1 aromatic rings. The average Bonchev–Trinajstić information content (AvgIpc) is 2.28. The summed E-state index contributed by atoms with van der Waals surface area (Å²) in [6.45, 7) is 7.48. The van der Waals surface area contributed by atoms with Gasteiger partial charge in [-0.05, 0) is 37.3 Å². The molecule has 0 bridgehead atoms. The van der Waals surface area contributed by atoms with Gasteiger partial charge in [-0.3, -0.25) is 0 Å². The van der Waals surface area contributed by atoms with Gasteiger partial charge in [0.15, 0.2) is 0 Å². The van der Waals surface area contributed by atoms with Crippen molar-refractivity contribution in [2.24, 2.45) is 11.8 Å². The molecule has 0 aromatic heterocycles. The van der Waals surface area contributed by atoms with Crippen molar-refractivity contribution in [3.8, 4) is 0 Å². The minimum atomic E-state index is -3.31. The smallest absolute Gasteiger partial charge is 0.207 e. The fourth-order valence-corrected chi connectivity index (χ4v) is 4.34. The van der Waals surface area contributed by atoms with E-state index in [0.29, 0.717) is 29.8 Å². The molecule has 1 aliphatic rings. The summed E-state index contributed by atoms with van der Waals surface area (Å²) in [4.78, 5) is 0.411. The van der Waals surface area contributed by atoms with Gasteiger partial charge in [-0.25, -0.2) is 8.42 Å². The summed E-state index contributed by atoms with van der Waals surface area (Å²) < 4.78 is 26.7. The molecule has 1 fully saturated rings. The van der Waals surface area contributed by atoms with E-state index < -0.39 is 10.0 Å². The highest BCUT2D eigenvalue weighted by molar-refractivity contribution is 7.89. The van der Waals surface area contributed by atoms with Crippen molar-refractivity contribution in [1.82, 2.24) is 4.31 Å². The van der Waals surface area contributed by atoms with Crippen molar-refractivity contribution in [2.75, 3.05) is 13.1 Å². The molecule has 4 heteroatoms. The first-order valence-corrected chi connectivity index (χ1v) is 7.90. The fourth-order valence-electron chi connectivity index (χ4n) is 2.66. The van der Waals surface area contributed by atoms with Crippen LogP contribution in [0.2, 0.25) is 0 Å². The molecule has 0 radical (unpaired) electrons. The Balaban J connectivity index is 2.28. The van der Waals surface area contributed by atoms with Crippen LogP contribution in [0.5, 0.6) is 0 Å². The van der Waals surface area contributed by atoms with Crippen LogP contribution in [-0.2, 0) is 10.0 Å². The Bertz CT molecular complexity index is 497. The van der Waals surface area contributed by atoms with Gasteiger partial charge in [0.25, 0.3) is 0 Å². The summed E-state index contributed by atoms with van der Waals surface area (Å²) in [6, 6.07) is 7.11. The molecule has 18 heavy (non-hydrogen) atoms. The van der Waals surface area contributed by atoms with Crippen molar-refractivity contribution in [3.05, 3.63) is 29.8 Å². The topological polar surface area (TPSA) is 37.4 Å². The van der Waals surface area contributed by atoms with Gasteiger partial charge in [-0.1, -0.05) is 31.5 Å². The molecule has 1 heterocycles. The van der Waals surface area contributed by atoms with E-state index in [1.807, 2.05) is 19.1 Å². The molecule has 2 unspecified atom stereocenters. The molecular formula is C14H21NO2S. The second kappa shape index (κ2) is 5.02. The summed E-state index contributed by atoms with van der Waals surface area (Å²) in [5.41, 5.74) is 1.08. The van der Waals surface area contributed by atoms with Crippen molar-refractivity contribution >= 4 is 10.0 Å². The van der Waals surface area contributed by atoms with Gasteiger partial charge in [-0.2, -0.15) is 4.31 Å². The maximum atomic E-state index is 12.5. The summed E-state index contributed by atoms with van der Waals surface area (Å²) in [7, 11) is -3.31. The number of benzene rings is 1. The van der Waals surface area contributed by atoms with E-state index in [1.165, 1.54) is 0 Å². The van der Waals surface area contributed by atoms with Gasteiger partial charge in [0.2, 0.25) is 10.0 Å². The Morgan fingerprint density at radius 2 is 1.56 bits per heavy atom. The van der Waals surface area contributed by atoms with Crippen LogP contribution in [0, 0.1) is 18.8 Å². The molecule has 0 N–H and O–H groups in total. The summed E-state index contributed by atoms with van der Waals surface area (Å²) in [5.74, 6) is 0.878. The molecule has 100 valence electrons. The lowest BCUT2D eigenvalue weighted by atomic mass is 9.94. The predicted octanol–water partition coefficient (Wildman–Crippen LogP) is 2.66. The lowest BCUT2D eigenvalue weighted by Crippen LogP contribution is -2.42. The quantitative estimate of drug-likeness (QED) is 0.826. The molecule has 1 aromatic carbocycles. The van der Waals surface area contributed by atoms with Crippen molar-refractivity contribution in [2.45, 2.75) is 32.1 Å². The Morgan fingerprint density at radius 3 is 2.06 bits per heavy atom. The van der Waals surface area contributed by atoms with Crippen LogP contribution >= 0.6 is 0 Å². The van der Waals surface area contributed by atoms with Crippen LogP contribution in [-0.4, -0.2) is 25.8 Å². The van der Waals surface area contributed by atoms with Gasteiger partial charge in [0.1, 0.15) is 0 Å². The zero-order chi connectivity index (χ0) is 13.3. The molecule has 1 aliphatic heterocycles. The first-order chi connectivity index (χ1) is 8.39. The van der Waals surface area contributed by atoms with E-state index in [-0.39, 0.29) is 0 Å². The van der Waals surface area contributed by atoms with Crippen LogP contribution in [0.15, 0.2) is 29.2 Å². The van der Waals surface area contributed by atoms with Gasteiger partial charge >= 0.3 is 0 Å². The number of rotatable bonds is 2. The van der Waals surface area contributed by atoms with E-state index in [2.05, 4.69) is 13.8 Å². The van der Waals surface area contributed by atoms with Gasteiger partial charge in [0, 0.05) is 13.1 Å². The number of piperidine rings is 1. The summed E-state index contributed by atoms with van der Waals surface area (Å²) in [5, 5.41) is 0. The zero-order valence-electron chi connectivity index (χ0n) is 11.3. The maximum absolute atomic E-state index is 12.5. The lowest BCUT2D eigenvalue weighted by molar-refractivity contribution is 0.222. The molecule has 0 aliphatic carbocycles. The third-order valence-electron chi connectivity index (χ3n) is 3.49. The lowest BCUT2D eigenvalue weighted by Gasteiger charge is -2.34. The van der Waals surface area contributed by atoms with E-state index in [9.17, 15) is 8.42 Å². The Morgan fingerprint density at radius 1 is 1.06 bits per heavy atom. The molecule has 1 saturated heterocycles. The molecule has 2 rings (SSSR count). The van der Waals surface area contributed by atoms with Crippen molar-refractivity contribution < 1.29 is 8.42 Å². The molecule has 3 nitrogen and oxygen atoms in total. The highest BCUT2D eigenvalue weighted by Gasteiger charge is 2.31. The second-order valence-corrected chi connectivity index (χ2v) is 7.52. The van der Waals surface area contributed by atoms with Crippen LogP contribution in [0.3, 0.4) is 0 Å². The van der Waals surface area contributed by atoms with Gasteiger partial charge in [-0.15, -0.1) is 0 Å². The summed E-state index contributed by atoms with van der Waals surface area (Å²) >= 11 is 0. The predicted molar refractivity (Wildman–Crippen MR) is 72.9 cm³/mol. The number of aryl methyl sites for hydroxylation is 1. The number of sulfonamides is 1. The van der Waals surface area contributed by atoms with Gasteiger partial charge in [0.05, 0.1) is 4.90 Å². The Labute approximate surface area is 110 Å². The largest absolute Gasteiger partial charge is 0.243 e. The van der Waals surface area contributed by atoms with E-state index in [0.717, 1.165) is 12.0 Å². The number of nitrogens with zero attached hydrogens (tertiary/aromatic N) is 1. The van der Waals surface area contributed by atoms with E-state index >= 15 is 0 Å². The average molecular weight is 267 g/mol. The number of hydrogen-bond donors (Lipinski definition) is 0. The van der Waals surface area contributed by atoms with Crippen molar-refractivity contribution in [1.29, 1.82) is 0 Å². The van der Waals surface area contributed by atoms with Crippen molar-refractivity contribution in [3.63, 3.8) is 0 Å². The standard InChI is InChI=1S/C14H21NO2S/c1-11-4-6-14(7-5-11)18(16,17)15-9-12(2)8-13(3)10-15/h4-7,12-13H,8-10H2,1-3H3. The Hall–Kier alpha value is -0.870. The Kier molecular flexibility index (Phi) is 3.78. The minimum absolute atomic E-state index is 0.411. The maximum Gasteiger partial charge on any atom is 0.243 e. The third kappa shape index (κ3) is 2.75. The van der Waals surface area contributed by atoms with Gasteiger partial charge < -0.3 is 0 Å². The fraction of sp³-hybridized carbons (Fsp3) is 0.571. The molecule has 0 spiro atoms. The molecular weight excluding hydrogens is 246 g/mol. The highest BCUT2D eigenvalue weighted by atomic mass is 32.2. The second-order valence-electron chi connectivity index (χ2n) is 5.58. The first-order valence-electron chi connectivity index (χ1n) is 6.46. The number of hydrogen-bond acceptors (Lipinski definition) is 2. The van der Waals surface area contributed by atoms with Crippen LogP contribution < -0.4 is 0 Å². The van der Waals surface area contributed by atoms with Crippen LogP contribution in [0.1, 0.15) is 25.8 Å². The normalized spacial score (nSPS) is 26.2. The minimum Gasteiger partial charge on any atom is -0.207 e. The zero-order valence-corrected chi connectivity index (χ0v) is 12.1. The highest BCUT2D eigenvalue weighted by Crippen LogP contribution is 2.26. The van der Waals surface area contributed by atoms with E-state index in [4.69, 9.17) is 0 Å². The molecule has 0 amide bonds. The van der Waals surface area contributed by atoms with E-state index in [1.54, 1.807) is 16.4 Å². The summed E-state index contributed by atoms with van der Waals surface area (Å²) in [6.07, 6.45) is 1.11. The van der Waals surface area contributed by atoms with Crippen LogP contribution in [0.25, 0.3) is 0 Å². The molecule has 2 atom stereocenters.